The molecule has 1 heterocycles. The van der Waals surface area contributed by atoms with E-state index in [9.17, 15) is 0 Å². The third-order valence-electron chi connectivity index (χ3n) is 4.10. The lowest BCUT2D eigenvalue weighted by molar-refractivity contribution is 0.303. The predicted octanol–water partition coefficient (Wildman–Crippen LogP) is 3.78. The van der Waals surface area contributed by atoms with Crippen LogP contribution < -0.4 is 15.4 Å². The Morgan fingerprint density at radius 3 is 2.71 bits per heavy atom. The van der Waals surface area contributed by atoms with E-state index in [1.807, 2.05) is 6.92 Å². The average molecular weight is 501 g/mol. The standard InChI is InChI=1S/C20H31N5O2.HI/c1-5-6-7-12-26-18-13-15(2)8-9-17(18)14-23-20(21-4)22-11-10-19-24-16(3)25-27-19;/h8-9,13H,5-7,10-12,14H2,1-4H3,(H2,21,22,23);1H. The highest BCUT2D eigenvalue weighted by Crippen LogP contribution is 2.20. The van der Waals surface area contributed by atoms with Crippen molar-refractivity contribution in [3.05, 3.63) is 41.0 Å². The van der Waals surface area contributed by atoms with E-state index in [0.717, 1.165) is 30.3 Å². The minimum atomic E-state index is 0. The molecule has 8 heteroatoms. The molecule has 28 heavy (non-hydrogen) atoms. The number of nitrogens with one attached hydrogen (secondary N) is 2. The maximum Gasteiger partial charge on any atom is 0.228 e. The number of nitrogens with zero attached hydrogens (tertiary/aromatic N) is 3. The number of ether oxygens (including phenoxy) is 1. The van der Waals surface area contributed by atoms with E-state index in [0.29, 0.717) is 31.2 Å². The molecule has 0 atom stereocenters. The van der Waals surface area contributed by atoms with Crippen molar-refractivity contribution in [3.8, 4) is 5.75 Å². The molecule has 156 valence electrons. The van der Waals surface area contributed by atoms with Crippen LogP contribution in [0.1, 0.15) is 49.0 Å². The number of halogens is 1. The SMILES string of the molecule is CCCCCOc1cc(C)ccc1CNC(=NC)NCCc1nc(C)no1.I. The van der Waals surface area contributed by atoms with Crippen molar-refractivity contribution in [3.63, 3.8) is 0 Å². The van der Waals surface area contributed by atoms with Gasteiger partial charge in [-0.3, -0.25) is 4.99 Å². The molecule has 0 aliphatic rings. The highest BCUT2D eigenvalue weighted by molar-refractivity contribution is 14.0. The molecular formula is C20H32IN5O2. The zero-order valence-electron chi connectivity index (χ0n) is 17.2. The lowest BCUT2D eigenvalue weighted by atomic mass is 10.1. The Labute approximate surface area is 184 Å². The van der Waals surface area contributed by atoms with E-state index in [2.05, 4.69) is 57.8 Å². The van der Waals surface area contributed by atoms with Crippen LogP contribution in [0.5, 0.6) is 5.75 Å². The number of aryl methyl sites for hydroxylation is 2. The lowest BCUT2D eigenvalue weighted by Crippen LogP contribution is -2.38. The predicted molar refractivity (Wildman–Crippen MR) is 123 cm³/mol. The summed E-state index contributed by atoms with van der Waals surface area (Å²) in [6.45, 7) is 8.14. The quantitative estimate of drug-likeness (QED) is 0.223. The number of aromatic nitrogens is 2. The fraction of sp³-hybridized carbons (Fsp3) is 0.550. The Bertz CT molecular complexity index is 733. The molecule has 0 bridgehead atoms. The minimum Gasteiger partial charge on any atom is -0.493 e. The second kappa shape index (κ2) is 13.4. The molecule has 2 rings (SSSR count). The van der Waals surface area contributed by atoms with Crippen molar-refractivity contribution in [1.29, 1.82) is 0 Å². The van der Waals surface area contributed by atoms with Crippen LogP contribution in [0.25, 0.3) is 0 Å². The van der Waals surface area contributed by atoms with E-state index in [4.69, 9.17) is 9.26 Å². The summed E-state index contributed by atoms with van der Waals surface area (Å²) in [4.78, 5) is 8.45. The molecule has 1 aromatic heterocycles. The lowest BCUT2D eigenvalue weighted by Gasteiger charge is -2.15. The van der Waals surface area contributed by atoms with Crippen LogP contribution in [0.3, 0.4) is 0 Å². The molecule has 2 N–H and O–H groups in total. The van der Waals surface area contributed by atoms with Crippen molar-refractivity contribution < 1.29 is 9.26 Å². The number of guanidine groups is 1. The van der Waals surface area contributed by atoms with Crippen molar-refractivity contribution in [2.24, 2.45) is 4.99 Å². The van der Waals surface area contributed by atoms with Gasteiger partial charge in [-0.25, -0.2) is 0 Å². The first-order valence-corrected chi connectivity index (χ1v) is 9.58. The Balaban J connectivity index is 0.00000392. The van der Waals surface area contributed by atoms with Gasteiger partial charge in [0.1, 0.15) is 5.75 Å². The van der Waals surface area contributed by atoms with Crippen LogP contribution in [0, 0.1) is 13.8 Å². The summed E-state index contributed by atoms with van der Waals surface area (Å²) in [7, 11) is 1.75. The van der Waals surface area contributed by atoms with E-state index in [1.165, 1.54) is 18.4 Å². The molecule has 7 nitrogen and oxygen atoms in total. The van der Waals surface area contributed by atoms with Crippen molar-refractivity contribution in [1.82, 2.24) is 20.8 Å². The van der Waals surface area contributed by atoms with Gasteiger partial charge in [-0.05, 0) is 31.9 Å². The number of unbranched alkanes of at least 4 members (excludes halogenated alkanes) is 2. The number of benzene rings is 1. The van der Waals surface area contributed by atoms with Crippen LogP contribution in [-0.4, -0.2) is 36.3 Å². The van der Waals surface area contributed by atoms with Gasteiger partial charge in [-0.15, -0.1) is 24.0 Å². The average Bonchev–Trinajstić information content (AvgIpc) is 3.08. The van der Waals surface area contributed by atoms with Gasteiger partial charge in [0.2, 0.25) is 5.89 Å². The van der Waals surface area contributed by atoms with Gasteiger partial charge in [0.15, 0.2) is 11.8 Å². The highest BCUT2D eigenvalue weighted by Gasteiger charge is 2.07. The summed E-state index contributed by atoms with van der Waals surface area (Å²) in [5.41, 5.74) is 2.31. The van der Waals surface area contributed by atoms with Crippen LogP contribution in [0.4, 0.5) is 0 Å². The molecule has 0 aliphatic carbocycles. The summed E-state index contributed by atoms with van der Waals surface area (Å²) in [5, 5.41) is 10.4. The Morgan fingerprint density at radius 1 is 1.21 bits per heavy atom. The van der Waals surface area contributed by atoms with Crippen LogP contribution in [0.15, 0.2) is 27.7 Å². The van der Waals surface area contributed by atoms with Gasteiger partial charge in [-0.2, -0.15) is 4.98 Å². The molecule has 0 unspecified atom stereocenters. The zero-order valence-corrected chi connectivity index (χ0v) is 19.6. The number of hydrogen-bond donors (Lipinski definition) is 2. The van der Waals surface area contributed by atoms with Gasteiger partial charge < -0.3 is 19.9 Å². The Hall–Kier alpha value is -1.84. The largest absolute Gasteiger partial charge is 0.493 e. The summed E-state index contributed by atoms with van der Waals surface area (Å²) in [6.07, 6.45) is 4.11. The molecule has 0 fully saturated rings. The fourth-order valence-corrected chi connectivity index (χ4v) is 2.61. The highest BCUT2D eigenvalue weighted by atomic mass is 127. The van der Waals surface area contributed by atoms with E-state index in [-0.39, 0.29) is 24.0 Å². The molecule has 2 aromatic rings. The molecule has 0 radical (unpaired) electrons. The fourth-order valence-electron chi connectivity index (χ4n) is 2.61. The molecule has 1 aromatic carbocycles. The summed E-state index contributed by atoms with van der Waals surface area (Å²) < 4.78 is 11.1. The third kappa shape index (κ3) is 8.45. The Morgan fingerprint density at radius 2 is 2.04 bits per heavy atom. The summed E-state index contributed by atoms with van der Waals surface area (Å²) in [5.74, 6) is 2.94. The first-order valence-electron chi connectivity index (χ1n) is 9.58. The van der Waals surface area contributed by atoms with Gasteiger partial charge in [0.05, 0.1) is 6.61 Å². The number of rotatable bonds is 10. The molecule has 0 saturated heterocycles. The van der Waals surface area contributed by atoms with Gasteiger partial charge in [-0.1, -0.05) is 37.1 Å². The third-order valence-corrected chi connectivity index (χ3v) is 4.10. The van der Waals surface area contributed by atoms with Crippen molar-refractivity contribution >= 4 is 29.9 Å². The maximum absolute atomic E-state index is 6.00. The molecule has 0 amide bonds. The molecule has 0 aliphatic heterocycles. The monoisotopic (exact) mass is 501 g/mol. The summed E-state index contributed by atoms with van der Waals surface area (Å²) >= 11 is 0. The van der Waals surface area contributed by atoms with Gasteiger partial charge in [0, 0.05) is 32.1 Å². The summed E-state index contributed by atoms with van der Waals surface area (Å²) in [6, 6.07) is 6.30. The van der Waals surface area contributed by atoms with Crippen LogP contribution >= 0.6 is 24.0 Å². The molecular weight excluding hydrogens is 469 g/mol. The van der Waals surface area contributed by atoms with Crippen LogP contribution in [-0.2, 0) is 13.0 Å². The number of aliphatic imine (C=N–C) groups is 1. The maximum atomic E-state index is 6.00. The zero-order chi connectivity index (χ0) is 19.5. The van der Waals surface area contributed by atoms with Crippen LogP contribution in [0.2, 0.25) is 0 Å². The minimum absolute atomic E-state index is 0. The van der Waals surface area contributed by atoms with E-state index < -0.39 is 0 Å². The van der Waals surface area contributed by atoms with Crippen molar-refractivity contribution in [2.45, 2.75) is 53.0 Å². The smallest absolute Gasteiger partial charge is 0.228 e. The van der Waals surface area contributed by atoms with E-state index >= 15 is 0 Å². The van der Waals surface area contributed by atoms with Gasteiger partial charge >= 0.3 is 0 Å². The van der Waals surface area contributed by atoms with E-state index in [1.54, 1.807) is 7.05 Å². The number of hydrogen-bond acceptors (Lipinski definition) is 5. The Kier molecular flexibility index (Phi) is 11.5. The normalized spacial score (nSPS) is 11.1. The van der Waals surface area contributed by atoms with Crippen molar-refractivity contribution in [2.75, 3.05) is 20.2 Å². The molecule has 0 spiro atoms. The first kappa shape index (κ1) is 24.2. The molecule has 0 saturated carbocycles. The second-order valence-electron chi connectivity index (χ2n) is 6.50. The topological polar surface area (TPSA) is 84.6 Å². The van der Waals surface area contributed by atoms with Gasteiger partial charge in [0.25, 0.3) is 0 Å². The first-order chi connectivity index (χ1) is 13.1. The second-order valence-corrected chi connectivity index (χ2v) is 6.50.